The van der Waals surface area contributed by atoms with E-state index < -0.39 is 11.9 Å². The molecule has 25 heavy (non-hydrogen) atoms. The zero-order chi connectivity index (χ0) is 17.6. The van der Waals surface area contributed by atoms with Crippen LogP contribution in [-0.4, -0.2) is 52.0 Å². The van der Waals surface area contributed by atoms with Gasteiger partial charge < -0.3 is 10.0 Å². The Labute approximate surface area is 146 Å². The summed E-state index contributed by atoms with van der Waals surface area (Å²) in [5.74, 6) is -0.506. The van der Waals surface area contributed by atoms with Crippen LogP contribution in [0.4, 0.5) is 4.39 Å². The van der Waals surface area contributed by atoms with Crippen molar-refractivity contribution in [3.63, 3.8) is 0 Å². The molecule has 1 aromatic carbocycles. The van der Waals surface area contributed by atoms with Gasteiger partial charge in [0, 0.05) is 45.1 Å². The maximum absolute atomic E-state index is 13.2. The summed E-state index contributed by atoms with van der Waals surface area (Å²) in [5.41, 5.74) is 1.64. The number of halogens is 1. The maximum atomic E-state index is 13.2. The molecule has 2 aromatic rings. The number of amides is 1. The van der Waals surface area contributed by atoms with Gasteiger partial charge >= 0.3 is 0 Å². The number of nitrogens with zero attached hydrogens (tertiary/aromatic N) is 3. The van der Waals surface area contributed by atoms with Crippen LogP contribution in [0.1, 0.15) is 23.7 Å². The van der Waals surface area contributed by atoms with E-state index in [-0.39, 0.29) is 12.3 Å². The summed E-state index contributed by atoms with van der Waals surface area (Å²) in [5, 5.41) is 10.2. The van der Waals surface area contributed by atoms with E-state index in [0.29, 0.717) is 18.7 Å². The van der Waals surface area contributed by atoms with Gasteiger partial charge in [0.05, 0.1) is 12.5 Å². The van der Waals surface area contributed by atoms with Crippen molar-refractivity contribution in [3.8, 4) is 0 Å². The lowest BCUT2D eigenvalue weighted by molar-refractivity contribution is -0.135. The molecule has 0 spiro atoms. The molecule has 5 nitrogen and oxygen atoms in total. The lowest BCUT2D eigenvalue weighted by atomic mass is 10.1. The highest BCUT2D eigenvalue weighted by Gasteiger charge is 2.23. The first-order chi connectivity index (χ1) is 12.1. The Bertz CT molecular complexity index is 703. The highest BCUT2D eigenvalue weighted by atomic mass is 19.1. The summed E-state index contributed by atoms with van der Waals surface area (Å²) in [6, 6.07) is 9.74. The number of piperazine rings is 1. The van der Waals surface area contributed by atoms with Crippen LogP contribution in [0.15, 0.2) is 48.8 Å². The van der Waals surface area contributed by atoms with E-state index in [1.807, 2.05) is 12.1 Å². The predicted octanol–water partition coefficient (Wildman–Crippen LogP) is 1.99. The minimum Gasteiger partial charge on any atom is -0.388 e. The molecule has 1 aliphatic heterocycles. The van der Waals surface area contributed by atoms with Crippen molar-refractivity contribution < 1.29 is 14.3 Å². The molecule has 3 rings (SSSR count). The third-order valence-corrected chi connectivity index (χ3v) is 4.48. The number of aromatic nitrogens is 1. The molecule has 0 radical (unpaired) electrons. The van der Waals surface area contributed by atoms with Crippen molar-refractivity contribution in [2.24, 2.45) is 0 Å². The molecule has 1 atom stereocenters. The Balaban J connectivity index is 1.48. The molecule has 1 aliphatic rings. The molecule has 1 aromatic heterocycles. The lowest BCUT2D eigenvalue weighted by Gasteiger charge is -2.35. The molecule has 6 heteroatoms. The number of rotatable bonds is 5. The SMILES string of the molecule is O=C(CC(O)c1cccc(F)c1)N1CCN(Cc2ccncc2)CC1. The van der Waals surface area contributed by atoms with Gasteiger partial charge in [-0.15, -0.1) is 0 Å². The fourth-order valence-corrected chi connectivity index (χ4v) is 3.03. The van der Waals surface area contributed by atoms with Crippen molar-refractivity contribution in [1.82, 2.24) is 14.8 Å². The van der Waals surface area contributed by atoms with E-state index in [9.17, 15) is 14.3 Å². The van der Waals surface area contributed by atoms with E-state index in [2.05, 4.69) is 9.88 Å². The van der Waals surface area contributed by atoms with Crippen molar-refractivity contribution >= 4 is 5.91 Å². The molecule has 1 N–H and O–H groups in total. The lowest BCUT2D eigenvalue weighted by Crippen LogP contribution is -2.48. The van der Waals surface area contributed by atoms with E-state index in [0.717, 1.165) is 19.6 Å². The monoisotopic (exact) mass is 343 g/mol. The Morgan fingerprint density at radius 2 is 1.88 bits per heavy atom. The summed E-state index contributed by atoms with van der Waals surface area (Å²) >= 11 is 0. The van der Waals surface area contributed by atoms with Gasteiger partial charge in [-0.3, -0.25) is 14.7 Å². The summed E-state index contributed by atoms with van der Waals surface area (Å²) in [6.45, 7) is 3.71. The summed E-state index contributed by atoms with van der Waals surface area (Å²) in [6.07, 6.45) is 2.57. The number of pyridine rings is 1. The van der Waals surface area contributed by atoms with E-state index >= 15 is 0 Å². The second-order valence-electron chi connectivity index (χ2n) is 6.29. The number of benzene rings is 1. The second kappa shape index (κ2) is 8.18. The van der Waals surface area contributed by atoms with Gasteiger partial charge in [0.15, 0.2) is 0 Å². The van der Waals surface area contributed by atoms with Gasteiger partial charge in [-0.25, -0.2) is 4.39 Å². The Hall–Kier alpha value is -2.31. The molecule has 0 bridgehead atoms. The third kappa shape index (κ3) is 4.84. The van der Waals surface area contributed by atoms with E-state index in [1.54, 1.807) is 23.4 Å². The first-order valence-electron chi connectivity index (χ1n) is 8.44. The van der Waals surface area contributed by atoms with Crippen LogP contribution in [0.3, 0.4) is 0 Å². The highest BCUT2D eigenvalue weighted by molar-refractivity contribution is 5.77. The van der Waals surface area contributed by atoms with Gasteiger partial charge in [0.1, 0.15) is 5.82 Å². The van der Waals surface area contributed by atoms with Crippen LogP contribution >= 0.6 is 0 Å². The number of hydrogen-bond acceptors (Lipinski definition) is 4. The average molecular weight is 343 g/mol. The molecule has 1 saturated heterocycles. The summed E-state index contributed by atoms with van der Waals surface area (Å²) < 4.78 is 13.2. The number of carbonyl (C=O) groups is 1. The van der Waals surface area contributed by atoms with Crippen molar-refractivity contribution in [2.45, 2.75) is 19.1 Å². The van der Waals surface area contributed by atoms with Gasteiger partial charge in [-0.05, 0) is 35.4 Å². The van der Waals surface area contributed by atoms with Crippen LogP contribution in [0.5, 0.6) is 0 Å². The van der Waals surface area contributed by atoms with E-state index in [4.69, 9.17) is 0 Å². The molecule has 132 valence electrons. The van der Waals surface area contributed by atoms with Crippen molar-refractivity contribution in [3.05, 3.63) is 65.7 Å². The standard InChI is InChI=1S/C19H22FN3O2/c20-17-3-1-2-16(12-17)18(24)13-19(25)23-10-8-22(9-11-23)14-15-4-6-21-7-5-15/h1-7,12,18,24H,8-11,13-14H2. The highest BCUT2D eigenvalue weighted by Crippen LogP contribution is 2.19. The minimum absolute atomic E-state index is 0.0200. The zero-order valence-electron chi connectivity index (χ0n) is 14.0. The van der Waals surface area contributed by atoms with Crippen molar-refractivity contribution in [1.29, 1.82) is 0 Å². The number of hydrogen-bond donors (Lipinski definition) is 1. The fourth-order valence-electron chi connectivity index (χ4n) is 3.03. The summed E-state index contributed by atoms with van der Waals surface area (Å²) in [7, 11) is 0. The van der Waals surface area contributed by atoms with Gasteiger partial charge in [0.2, 0.25) is 5.91 Å². The van der Waals surface area contributed by atoms with Gasteiger partial charge in [0.25, 0.3) is 0 Å². The predicted molar refractivity (Wildman–Crippen MR) is 92.1 cm³/mol. The number of carbonyl (C=O) groups excluding carboxylic acids is 1. The molecular formula is C19H22FN3O2. The molecular weight excluding hydrogens is 321 g/mol. The third-order valence-electron chi connectivity index (χ3n) is 4.48. The number of aliphatic hydroxyl groups is 1. The van der Waals surface area contributed by atoms with Crippen molar-refractivity contribution in [2.75, 3.05) is 26.2 Å². The Kier molecular flexibility index (Phi) is 5.73. The number of aliphatic hydroxyl groups excluding tert-OH is 1. The minimum atomic E-state index is -0.974. The molecule has 1 unspecified atom stereocenters. The first-order valence-corrected chi connectivity index (χ1v) is 8.44. The molecule has 1 amide bonds. The largest absolute Gasteiger partial charge is 0.388 e. The normalized spacial score (nSPS) is 16.6. The molecule has 0 saturated carbocycles. The van der Waals surface area contributed by atoms with Gasteiger partial charge in [-0.1, -0.05) is 12.1 Å². The fraction of sp³-hybridized carbons (Fsp3) is 0.368. The van der Waals surface area contributed by atoms with Crippen LogP contribution in [-0.2, 0) is 11.3 Å². The smallest absolute Gasteiger partial charge is 0.225 e. The zero-order valence-corrected chi connectivity index (χ0v) is 14.0. The molecule has 1 fully saturated rings. The Morgan fingerprint density at radius 1 is 1.16 bits per heavy atom. The van der Waals surface area contributed by atoms with Crippen LogP contribution in [0.2, 0.25) is 0 Å². The molecule has 2 heterocycles. The topological polar surface area (TPSA) is 56.7 Å². The average Bonchev–Trinajstić information content (AvgIpc) is 2.63. The van der Waals surface area contributed by atoms with E-state index in [1.165, 1.54) is 23.8 Å². The second-order valence-corrected chi connectivity index (χ2v) is 6.29. The summed E-state index contributed by atoms with van der Waals surface area (Å²) in [4.78, 5) is 20.5. The quantitative estimate of drug-likeness (QED) is 0.902. The van der Waals surface area contributed by atoms with Crippen LogP contribution in [0, 0.1) is 5.82 Å². The van der Waals surface area contributed by atoms with Crippen LogP contribution in [0.25, 0.3) is 0 Å². The maximum Gasteiger partial charge on any atom is 0.225 e. The Morgan fingerprint density at radius 3 is 2.56 bits per heavy atom. The van der Waals surface area contributed by atoms with Crippen LogP contribution < -0.4 is 0 Å². The first kappa shape index (κ1) is 17.5. The van der Waals surface area contributed by atoms with Gasteiger partial charge in [-0.2, -0.15) is 0 Å². The molecule has 0 aliphatic carbocycles.